The Labute approximate surface area is 181 Å². The van der Waals surface area contributed by atoms with Crippen LogP contribution in [0.3, 0.4) is 0 Å². The minimum absolute atomic E-state index is 0.298. The van der Waals surface area contributed by atoms with Crippen LogP contribution >= 0.6 is 0 Å². The van der Waals surface area contributed by atoms with Gasteiger partial charge in [-0.05, 0) is 48.0 Å². The van der Waals surface area contributed by atoms with Crippen LogP contribution in [0.15, 0.2) is 66.4 Å². The van der Waals surface area contributed by atoms with E-state index in [2.05, 4.69) is 4.90 Å². The molecule has 6 heteroatoms. The highest BCUT2D eigenvalue weighted by atomic mass is 19.1. The molecular weight excluding hydrogens is 395 g/mol. The highest BCUT2D eigenvalue weighted by Gasteiger charge is 2.26. The SMILES string of the molecule is COc1ccc(CN2CC(N)=C(c3cccc(F)c3)c3cc(OC)ccc32)c(OC)c1. The zero-order chi connectivity index (χ0) is 22.0. The molecule has 5 nitrogen and oxygen atoms in total. The van der Waals surface area contributed by atoms with Crippen LogP contribution in [0.5, 0.6) is 17.2 Å². The first kappa shape index (κ1) is 20.6. The molecule has 0 spiro atoms. The molecule has 0 saturated carbocycles. The molecule has 1 aliphatic heterocycles. The number of halogens is 1. The van der Waals surface area contributed by atoms with Crippen LogP contribution in [0.4, 0.5) is 10.1 Å². The van der Waals surface area contributed by atoms with E-state index < -0.39 is 0 Å². The minimum atomic E-state index is -0.298. The average Bonchev–Trinajstić information content (AvgIpc) is 2.78. The molecule has 0 amide bonds. The Balaban J connectivity index is 1.79. The number of ether oxygens (including phenoxy) is 3. The lowest BCUT2D eigenvalue weighted by molar-refractivity contribution is 0.391. The van der Waals surface area contributed by atoms with E-state index in [0.29, 0.717) is 24.5 Å². The molecule has 0 bridgehead atoms. The lowest BCUT2D eigenvalue weighted by atomic mass is 9.90. The van der Waals surface area contributed by atoms with Gasteiger partial charge in [-0.3, -0.25) is 0 Å². The van der Waals surface area contributed by atoms with E-state index in [9.17, 15) is 4.39 Å². The van der Waals surface area contributed by atoms with E-state index in [1.54, 1.807) is 27.4 Å². The first-order chi connectivity index (χ1) is 15.0. The number of nitrogens with zero attached hydrogens (tertiary/aromatic N) is 1. The summed E-state index contributed by atoms with van der Waals surface area (Å²) < 4.78 is 30.3. The van der Waals surface area contributed by atoms with Gasteiger partial charge in [0.25, 0.3) is 0 Å². The molecule has 2 N–H and O–H groups in total. The molecule has 0 aromatic heterocycles. The Kier molecular flexibility index (Phi) is 5.71. The van der Waals surface area contributed by atoms with Crippen LogP contribution in [-0.4, -0.2) is 27.9 Å². The minimum Gasteiger partial charge on any atom is -0.497 e. The Bertz CT molecular complexity index is 1140. The van der Waals surface area contributed by atoms with Gasteiger partial charge in [0.1, 0.15) is 23.1 Å². The third-order valence-corrected chi connectivity index (χ3v) is 5.46. The monoisotopic (exact) mass is 420 g/mol. The molecular formula is C25H25FN2O3. The maximum atomic E-state index is 14.0. The van der Waals surface area contributed by atoms with E-state index >= 15 is 0 Å². The zero-order valence-corrected chi connectivity index (χ0v) is 17.8. The second-order valence-electron chi connectivity index (χ2n) is 7.33. The fourth-order valence-corrected chi connectivity index (χ4v) is 3.98. The lowest BCUT2D eigenvalue weighted by Gasteiger charge is -2.34. The van der Waals surface area contributed by atoms with Crippen molar-refractivity contribution in [2.24, 2.45) is 5.73 Å². The largest absolute Gasteiger partial charge is 0.497 e. The third-order valence-electron chi connectivity index (χ3n) is 5.46. The maximum absolute atomic E-state index is 14.0. The van der Waals surface area contributed by atoms with Crippen molar-refractivity contribution in [3.8, 4) is 17.2 Å². The van der Waals surface area contributed by atoms with Crippen molar-refractivity contribution in [2.45, 2.75) is 6.54 Å². The van der Waals surface area contributed by atoms with Gasteiger partial charge >= 0.3 is 0 Å². The molecule has 31 heavy (non-hydrogen) atoms. The Morgan fingerprint density at radius 1 is 0.903 bits per heavy atom. The molecule has 0 aliphatic carbocycles. The topological polar surface area (TPSA) is 57.0 Å². The summed E-state index contributed by atoms with van der Waals surface area (Å²) >= 11 is 0. The second kappa shape index (κ2) is 8.60. The van der Waals surface area contributed by atoms with Gasteiger partial charge in [-0.2, -0.15) is 0 Å². The van der Waals surface area contributed by atoms with Gasteiger partial charge in [-0.15, -0.1) is 0 Å². The van der Waals surface area contributed by atoms with Gasteiger partial charge in [-0.1, -0.05) is 12.1 Å². The highest BCUT2D eigenvalue weighted by Crippen LogP contribution is 2.40. The summed E-state index contributed by atoms with van der Waals surface area (Å²) in [5.41, 5.74) is 11.7. The fourth-order valence-electron chi connectivity index (χ4n) is 3.98. The van der Waals surface area contributed by atoms with E-state index in [1.165, 1.54) is 12.1 Å². The molecule has 160 valence electrons. The molecule has 0 unspecified atom stereocenters. The number of hydrogen-bond donors (Lipinski definition) is 1. The molecule has 0 saturated heterocycles. The first-order valence-electron chi connectivity index (χ1n) is 9.93. The molecule has 0 fully saturated rings. The molecule has 1 aliphatic rings. The van der Waals surface area contributed by atoms with Gasteiger partial charge in [0.15, 0.2) is 0 Å². The van der Waals surface area contributed by atoms with Crippen molar-refractivity contribution in [3.05, 3.63) is 88.9 Å². The summed E-state index contributed by atoms with van der Waals surface area (Å²) in [5.74, 6) is 1.89. The van der Waals surface area contributed by atoms with Crippen molar-refractivity contribution in [1.29, 1.82) is 0 Å². The van der Waals surface area contributed by atoms with Crippen molar-refractivity contribution >= 4 is 11.3 Å². The first-order valence-corrected chi connectivity index (χ1v) is 9.93. The van der Waals surface area contributed by atoms with Gasteiger partial charge in [0, 0.05) is 40.7 Å². The summed E-state index contributed by atoms with van der Waals surface area (Å²) in [6.45, 7) is 1.09. The Morgan fingerprint density at radius 2 is 1.65 bits per heavy atom. The van der Waals surface area contributed by atoms with Crippen LogP contribution in [0.25, 0.3) is 5.57 Å². The number of methoxy groups -OCH3 is 3. The summed E-state index contributed by atoms with van der Waals surface area (Å²) in [7, 11) is 4.89. The predicted molar refractivity (Wildman–Crippen MR) is 120 cm³/mol. The summed E-state index contributed by atoms with van der Waals surface area (Å²) in [6.07, 6.45) is 0. The van der Waals surface area contributed by atoms with E-state index in [4.69, 9.17) is 19.9 Å². The summed E-state index contributed by atoms with van der Waals surface area (Å²) in [6, 6.07) is 18.1. The van der Waals surface area contributed by atoms with Crippen LogP contribution in [-0.2, 0) is 6.54 Å². The molecule has 1 heterocycles. The Hall–Kier alpha value is -3.67. The van der Waals surface area contributed by atoms with E-state index in [0.717, 1.165) is 39.4 Å². The fraction of sp³-hybridized carbons (Fsp3) is 0.200. The van der Waals surface area contributed by atoms with Crippen LogP contribution in [0.2, 0.25) is 0 Å². The quantitative estimate of drug-likeness (QED) is 0.632. The van der Waals surface area contributed by atoms with Crippen LogP contribution in [0, 0.1) is 5.82 Å². The average molecular weight is 420 g/mol. The lowest BCUT2D eigenvalue weighted by Crippen LogP contribution is -2.32. The summed E-state index contributed by atoms with van der Waals surface area (Å²) in [4.78, 5) is 2.18. The number of hydrogen-bond acceptors (Lipinski definition) is 5. The molecule has 0 radical (unpaired) electrons. The van der Waals surface area contributed by atoms with E-state index in [1.807, 2.05) is 42.5 Å². The number of nitrogens with two attached hydrogens (primary N) is 1. The number of fused-ring (bicyclic) bond motifs is 1. The standard InChI is InChI=1S/C25H25FN2O3/c1-29-19-9-10-23-21(12-19)25(16-5-4-6-18(26)11-16)22(27)15-28(23)14-17-7-8-20(30-2)13-24(17)31-3/h4-13H,14-15,27H2,1-3H3. The van der Waals surface area contributed by atoms with Crippen LogP contribution in [0.1, 0.15) is 16.7 Å². The van der Waals surface area contributed by atoms with E-state index in [-0.39, 0.29) is 5.82 Å². The normalized spacial score (nSPS) is 13.1. The van der Waals surface area contributed by atoms with Crippen molar-refractivity contribution in [2.75, 3.05) is 32.8 Å². The molecule has 3 aromatic rings. The van der Waals surface area contributed by atoms with Crippen molar-refractivity contribution < 1.29 is 18.6 Å². The maximum Gasteiger partial charge on any atom is 0.127 e. The van der Waals surface area contributed by atoms with Crippen molar-refractivity contribution in [3.63, 3.8) is 0 Å². The molecule has 3 aromatic carbocycles. The van der Waals surface area contributed by atoms with Gasteiger partial charge in [-0.25, -0.2) is 4.39 Å². The van der Waals surface area contributed by atoms with Crippen molar-refractivity contribution in [1.82, 2.24) is 0 Å². The third kappa shape index (κ3) is 4.01. The molecule has 0 atom stereocenters. The highest BCUT2D eigenvalue weighted by molar-refractivity contribution is 5.91. The second-order valence-corrected chi connectivity index (χ2v) is 7.33. The van der Waals surface area contributed by atoms with Crippen LogP contribution < -0.4 is 24.8 Å². The number of benzene rings is 3. The number of anilines is 1. The predicted octanol–water partition coefficient (Wildman–Crippen LogP) is 4.59. The van der Waals surface area contributed by atoms with Gasteiger partial charge in [0.2, 0.25) is 0 Å². The Morgan fingerprint density at radius 3 is 2.35 bits per heavy atom. The zero-order valence-electron chi connectivity index (χ0n) is 17.8. The number of rotatable bonds is 6. The smallest absolute Gasteiger partial charge is 0.127 e. The van der Waals surface area contributed by atoms with Gasteiger partial charge < -0.3 is 24.8 Å². The molecule has 4 rings (SSSR count). The van der Waals surface area contributed by atoms with Gasteiger partial charge in [0.05, 0.1) is 27.9 Å². The summed E-state index contributed by atoms with van der Waals surface area (Å²) in [5, 5.41) is 0.